The Morgan fingerprint density at radius 3 is 2.78 bits per heavy atom. The van der Waals surface area contributed by atoms with Crippen LogP contribution in [0.5, 0.6) is 0 Å². The minimum atomic E-state index is -1.57. The standard InChI is InChI=1S/C28H33F2N3O3/c1-36-14-4-13-32-17-19(22-5-2-3-6-26(22)32)18-33(21-8-9-21)27(34)23-16-31-12-11-28(23,35)20-7-10-24(29)25(30)15-20/h2-3,5-7,10,15,17,21,23,31,35H,4,8-9,11-14,16,18H2,1H3/t23-,28+/m1/s1. The predicted octanol–water partition coefficient (Wildman–Crippen LogP) is 3.94. The van der Waals surface area contributed by atoms with Gasteiger partial charge >= 0.3 is 0 Å². The van der Waals surface area contributed by atoms with Crippen LogP contribution >= 0.6 is 0 Å². The van der Waals surface area contributed by atoms with Gasteiger partial charge in [0, 0.05) is 56.5 Å². The summed E-state index contributed by atoms with van der Waals surface area (Å²) in [5.74, 6) is -2.95. The number of rotatable bonds is 9. The average molecular weight is 498 g/mol. The highest BCUT2D eigenvalue weighted by molar-refractivity contribution is 5.86. The van der Waals surface area contributed by atoms with Gasteiger partial charge in [-0.1, -0.05) is 24.3 Å². The van der Waals surface area contributed by atoms with Crippen molar-refractivity contribution in [2.24, 2.45) is 5.92 Å². The molecule has 2 heterocycles. The number of aliphatic hydroxyl groups is 1. The Hall–Kier alpha value is -2.81. The van der Waals surface area contributed by atoms with Gasteiger partial charge in [-0.25, -0.2) is 8.78 Å². The van der Waals surface area contributed by atoms with Crippen molar-refractivity contribution in [2.45, 2.75) is 50.4 Å². The van der Waals surface area contributed by atoms with E-state index < -0.39 is 23.2 Å². The summed E-state index contributed by atoms with van der Waals surface area (Å²) in [6.07, 6.45) is 5.08. The largest absolute Gasteiger partial charge is 0.385 e. The highest BCUT2D eigenvalue weighted by Gasteiger charge is 2.48. The van der Waals surface area contributed by atoms with Crippen LogP contribution in [-0.4, -0.2) is 53.3 Å². The van der Waals surface area contributed by atoms with E-state index in [0.717, 1.165) is 54.4 Å². The minimum Gasteiger partial charge on any atom is -0.385 e. The molecule has 2 fully saturated rings. The first-order valence-corrected chi connectivity index (χ1v) is 12.7. The van der Waals surface area contributed by atoms with Gasteiger partial charge in [-0.05, 0) is 61.6 Å². The van der Waals surface area contributed by atoms with Gasteiger partial charge in [-0.3, -0.25) is 4.79 Å². The number of fused-ring (bicyclic) bond motifs is 1. The first kappa shape index (κ1) is 24.9. The lowest BCUT2D eigenvalue weighted by Gasteiger charge is -2.42. The Kier molecular flexibility index (Phi) is 7.10. The number of nitrogens with one attached hydrogen (secondary N) is 1. The summed E-state index contributed by atoms with van der Waals surface area (Å²) in [6.45, 7) is 2.68. The van der Waals surface area contributed by atoms with E-state index in [1.807, 2.05) is 17.0 Å². The molecule has 0 spiro atoms. The quantitative estimate of drug-likeness (QED) is 0.440. The van der Waals surface area contributed by atoms with E-state index in [1.165, 1.54) is 6.07 Å². The lowest BCUT2D eigenvalue weighted by atomic mass is 9.75. The molecule has 2 N–H and O–H groups in total. The van der Waals surface area contributed by atoms with Gasteiger partial charge < -0.3 is 24.6 Å². The number of benzene rings is 2. The molecule has 1 saturated carbocycles. The van der Waals surface area contributed by atoms with Gasteiger partial charge in [0.15, 0.2) is 11.6 Å². The fourth-order valence-corrected chi connectivity index (χ4v) is 5.44. The van der Waals surface area contributed by atoms with Crippen molar-refractivity contribution in [1.29, 1.82) is 0 Å². The number of aryl methyl sites for hydroxylation is 1. The van der Waals surface area contributed by atoms with Gasteiger partial charge in [-0.2, -0.15) is 0 Å². The molecule has 0 unspecified atom stereocenters. The molecule has 0 bridgehead atoms. The molecule has 1 amide bonds. The first-order valence-electron chi connectivity index (χ1n) is 12.7. The molecule has 36 heavy (non-hydrogen) atoms. The molecule has 192 valence electrons. The summed E-state index contributed by atoms with van der Waals surface area (Å²) in [5.41, 5.74) is 0.845. The lowest BCUT2D eigenvalue weighted by molar-refractivity contribution is -0.150. The van der Waals surface area contributed by atoms with Crippen molar-refractivity contribution in [2.75, 3.05) is 26.8 Å². The number of hydrogen-bond acceptors (Lipinski definition) is 4. The summed E-state index contributed by atoms with van der Waals surface area (Å²) in [7, 11) is 1.69. The fraction of sp³-hybridized carbons (Fsp3) is 0.464. The van der Waals surface area contributed by atoms with E-state index in [4.69, 9.17) is 4.74 Å². The Bertz CT molecular complexity index is 1240. The maximum absolute atomic E-state index is 14.1. The van der Waals surface area contributed by atoms with Crippen molar-refractivity contribution in [3.8, 4) is 0 Å². The second-order valence-corrected chi connectivity index (χ2v) is 9.97. The number of piperidine rings is 1. The summed E-state index contributed by atoms with van der Waals surface area (Å²) >= 11 is 0. The Morgan fingerprint density at radius 1 is 1.22 bits per heavy atom. The average Bonchev–Trinajstić information content (AvgIpc) is 3.67. The minimum absolute atomic E-state index is 0.115. The van der Waals surface area contributed by atoms with Crippen molar-refractivity contribution < 1.29 is 23.4 Å². The third-order valence-electron chi connectivity index (χ3n) is 7.56. The van der Waals surface area contributed by atoms with Crippen molar-refractivity contribution in [3.63, 3.8) is 0 Å². The molecular weight excluding hydrogens is 464 g/mol. The van der Waals surface area contributed by atoms with Crippen molar-refractivity contribution in [1.82, 2.24) is 14.8 Å². The van der Waals surface area contributed by atoms with Crippen LogP contribution in [0.4, 0.5) is 8.78 Å². The summed E-state index contributed by atoms with van der Waals surface area (Å²) in [4.78, 5) is 15.9. The van der Waals surface area contributed by atoms with Crippen LogP contribution in [-0.2, 0) is 28.2 Å². The maximum atomic E-state index is 14.1. The number of aromatic nitrogens is 1. The van der Waals surface area contributed by atoms with Crippen LogP contribution in [0.1, 0.15) is 36.8 Å². The number of halogens is 2. The smallest absolute Gasteiger partial charge is 0.230 e. The lowest BCUT2D eigenvalue weighted by Crippen LogP contribution is -2.55. The molecule has 0 radical (unpaired) electrons. The molecule has 8 heteroatoms. The monoisotopic (exact) mass is 497 g/mol. The molecule has 1 aromatic heterocycles. The second kappa shape index (κ2) is 10.3. The number of nitrogens with zero attached hydrogens (tertiary/aromatic N) is 2. The molecule has 3 aromatic rings. The van der Waals surface area contributed by atoms with Gasteiger partial charge in [0.2, 0.25) is 5.91 Å². The Balaban J connectivity index is 1.45. The van der Waals surface area contributed by atoms with Crippen LogP contribution < -0.4 is 5.32 Å². The third-order valence-corrected chi connectivity index (χ3v) is 7.56. The normalized spacial score (nSPS) is 22.2. The molecule has 1 saturated heterocycles. The zero-order valence-electron chi connectivity index (χ0n) is 20.6. The predicted molar refractivity (Wildman–Crippen MR) is 133 cm³/mol. The number of carbonyl (C=O) groups is 1. The molecular formula is C28H33F2N3O3. The van der Waals surface area contributed by atoms with E-state index in [9.17, 15) is 18.7 Å². The van der Waals surface area contributed by atoms with Crippen LogP contribution in [0.25, 0.3) is 10.9 Å². The summed E-state index contributed by atoms with van der Waals surface area (Å²) in [5, 5.41) is 16.0. The number of hydrogen-bond donors (Lipinski definition) is 2. The number of carbonyl (C=O) groups excluding carboxylic acids is 1. The topological polar surface area (TPSA) is 66.7 Å². The molecule has 1 aliphatic heterocycles. The molecule has 6 nitrogen and oxygen atoms in total. The third kappa shape index (κ3) is 4.77. The highest BCUT2D eigenvalue weighted by atomic mass is 19.2. The SMILES string of the molecule is COCCCn1cc(CN(C(=O)[C@H]2CNCC[C@]2(O)c2ccc(F)c(F)c2)C2CC2)c2ccccc21. The number of ether oxygens (including phenoxy) is 1. The van der Waals surface area contributed by atoms with Crippen LogP contribution in [0.15, 0.2) is 48.7 Å². The van der Waals surface area contributed by atoms with E-state index in [2.05, 4.69) is 28.2 Å². The Morgan fingerprint density at radius 2 is 2.03 bits per heavy atom. The Labute approximate surface area is 209 Å². The van der Waals surface area contributed by atoms with Crippen LogP contribution in [0.2, 0.25) is 0 Å². The molecule has 2 aromatic carbocycles. The maximum Gasteiger partial charge on any atom is 0.230 e. The van der Waals surface area contributed by atoms with Gasteiger partial charge in [0.1, 0.15) is 5.60 Å². The van der Waals surface area contributed by atoms with Crippen molar-refractivity contribution in [3.05, 3.63) is 71.4 Å². The van der Waals surface area contributed by atoms with E-state index in [-0.39, 0.29) is 30.5 Å². The molecule has 1 aliphatic carbocycles. The van der Waals surface area contributed by atoms with E-state index in [1.54, 1.807) is 7.11 Å². The summed E-state index contributed by atoms with van der Waals surface area (Å²) < 4.78 is 35.1. The second-order valence-electron chi connectivity index (χ2n) is 9.97. The molecule has 5 rings (SSSR count). The van der Waals surface area contributed by atoms with E-state index >= 15 is 0 Å². The van der Waals surface area contributed by atoms with Gasteiger partial charge in [0.25, 0.3) is 0 Å². The zero-order chi connectivity index (χ0) is 25.3. The molecule has 2 aliphatic rings. The van der Waals surface area contributed by atoms with E-state index in [0.29, 0.717) is 19.7 Å². The number of amides is 1. The van der Waals surface area contributed by atoms with Gasteiger partial charge in [-0.15, -0.1) is 0 Å². The number of methoxy groups -OCH3 is 1. The fourth-order valence-electron chi connectivity index (χ4n) is 5.44. The number of para-hydroxylation sites is 1. The summed E-state index contributed by atoms with van der Waals surface area (Å²) in [6, 6.07) is 11.7. The molecule has 2 atom stereocenters. The first-order chi connectivity index (χ1) is 17.4. The van der Waals surface area contributed by atoms with Crippen molar-refractivity contribution >= 4 is 16.8 Å². The van der Waals surface area contributed by atoms with Crippen LogP contribution in [0.3, 0.4) is 0 Å². The zero-order valence-corrected chi connectivity index (χ0v) is 20.6. The van der Waals surface area contributed by atoms with Crippen LogP contribution in [0, 0.1) is 17.6 Å². The highest BCUT2D eigenvalue weighted by Crippen LogP contribution is 2.40. The van der Waals surface area contributed by atoms with Gasteiger partial charge in [0.05, 0.1) is 5.92 Å².